The van der Waals surface area contributed by atoms with Crippen molar-refractivity contribution in [2.45, 2.75) is 39.2 Å². The van der Waals surface area contributed by atoms with Crippen molar-refractivity contribution in [3.8, 4) is 11.1 Å². The quantitative estimate of drug-likeness (QED) is 0.683. The lowest BCUT2D eigenvalue weighted by Gasteiger charge is -2.30. The van der Waals surface area contributed by atoms with Crippen molar-refractivity contribution >= 4 is 17.7 Å². The van der Waals surface area contributed by atoms with E-state index in [-0.39, 0.29) is 23.6 Å². The van der Waals surface area contributed by atoms with Gasteiger partial charge in [-0.3, -0.25) is 14.4 Å². The van der Waals surface area contributed by atoms with Crippen molar-refractivity contribution in [3.05, 3.63) is 60.2 Å². The second-order valence-corrected chi connectivity index (χ2v) is 9.04. The Labute approximate surface area is 196 Å². The topological polar surface area (TPSA) is 60.9 Å². The molecular weight excluding hydrogens is 414 g/mol. The molecule has 0 spiro atoms. The first-order chi connectivity index (χ1) is 16.0. The molecule has 0 unspecified atom stereocenters. The van der Waals surface area contributed by atoms with Crippen LogP contribution in [-0.2, 0) is 20.8 Å². The van der Waals surface area contributed by atoms with E-state index < -0.39 is 6.04 Å². The van der Waals surface area contributed by atoms with Gasteiger partial charge in [0.15, 0.2) is 0 Å². The van der Waals surface area contributed by atoms with Gasteiger partial charge in [0, 0.05) is 39.1 Å². The van der Waals surface area contributed by atoms with Crippen LogP contribution in [0.25, 0.3) is 11.1 Å². The third-order valence-electron chi connectivity index (χ3n) is 6.89. The average molecular weight is 448 g/mol. The molecule has 2 aromatic rings. The minimum atomic E-state index is -0.481. The van der Waals surface area contributed by atoms with E-state index >= 15 is 0 Å². The smallest absolute Gasteiger partial charge is 0.245 e. The number of carbonyl (C=O) groups excluding carboxylic acids is 3. The summed E-state index contributed by atoms with van der Waals surface area (Å²) in [6.45, 7) is 6.48. The Hall–Kier alpha value is -3.15. The molecule has 2 aliphatic heterocycles. The highest BCUT2D eigenvalue weighted by atomic mass is 16.2. The van der Waals surface area contributed by atoms with Crippen molar-refractivity contribution in [2.75, 3.05) is 32.7 Å². The second kappa shape index (κ2) is 10.2. The zero-order valence-electron chi connectivity index (χ0n) is 19.6. The fourth-order valence-corrected chi connectivity index (χ4v) is 4.98. The van der Waals surface area contributed by atoms with Crippen LogP contribution in [0.1, 0.15) is 32.3 Å². The molecule has 0 N–H and O–H groups in total. The number of benzene rings is 2. The molecule has 33 heavy (non-hydrogen) atoms. The standard InChI is InChI=1S/C27H33N3O3/c1-3-28-15-16-29(26(32)20(2)30-14-8-13-25(30)31)19-24(27(28)33)18-21-9-7-12-23(17-21)22-10-5-4-6-11-22/h4-7,9-12,17,20,24H,3,8,13-16,18-19H2,1-2H3/t20-,24+/m0/s1. The van der Waals surface area contributed by atoms with Crippen molar-refractivity contribution in [1.82, 2.24) is 14.7 Å². The molecule has 0 saturated carbocycles. The highest BCUT2D eigenvalue weighted by Crippen LogP contribution is 2.24. The third kappa shape index (κ3) is 5.10. The normalized spacial score (nSPS) is 20.2. The number of carbonyl (C=O) groups is 3. The van der Waals surface area contributed by atoms with Crippen LogP contribution in [0.15, 0.2) is 54.6 Å². The molecule has 0 radical (unpaired) electrons. The van der Waals surface area contributed by atoms with E-state index in [1.807, 2.05) is 43.0 Å². The first-order valence-corrected chi connectivity index (χ1v) is 12.0. The SMILES string of the molecule is CCN1CCN(C(=O)[C@H](C)N2CCCC2=O)C[C@@H](Cc2cccc(-c3ccccc3)c2)C1=O. The summed E-state index contributed by atoms with van der Waals surface area (Å²) >= 11 is 0. The van der Waals surface area contributed by atoms with E-state index in [1.165, 1.54) is 0 Å². The van der Waals surface area contributed by atoms with Gasteiger partial charge in [0.25, 0.3) is 0 Å². The van der Waals surface area contributed by atoms with E-state index in [1.54, 1.807) is 9.80 Å². The minimum absolute atomic E-state index is 0.0474. The number of likely N-dealkylation sites (tertiary alicyclic amines) is 1. The second-order valence-electron chi connectivity index (χ2n) is 9.04. The molecule has 0 aromatic heterocycles. The monoisotopic (exact) mass is 447 g/mol. The maximum Gasteiger partial charge on any atom is 0.245 e. The molecule has 3 amide bonds. The summed E-state index contributed by atoms with van der Waals surface area (Å²) in [5.74, 6) is -0.211. The molecule has 0 aliphatic carbocycles. The number of nitrogens with zero attached hydrogens (tertiary/aromatic N) is 3. The molecule has 6 nitrogen and oxygen atoms in total. The predicted molar refractivity (Wildman–Crippen MR) is 128 cm³/mol. The first-order valence-electron chi connectivity index (χ1n) is 12.0. The van der Waals surface area contributed by atoms with Gasteiger partial charge in [-0.15, -0.1) is 0 Å². The van der Waals surface area contributed by atoms with Gasteiger partial charge >= 0.3 is 0 Å². The van der Waals surface area contributed by atoms with Crippen LogP contribution in [0, 0.1) is 5.92 Å². The van der Waals surface area contributed by atoms with Crippen LogP contribution in [0.4, 0.5) is 0 Å². The largest absolute Gasteiger partial charge is 0.341 e. The Morgan fingerprint density at radius 2 is 1.76 bits per heavy atom. The van der Waals surface area contributed by atoms with Crippen LogP contribution in [0.2, 0.25) is 0 Å². The minimum Gasteiger partial charge on any atom is -0.341 e. The Kier molecular flexibility index (Phi) is 7.11. The maximum atomic E-state index is 13.3. The van der Waals surface area contributed by atoms with E-state index in [9.17, 15) is 14.4 Å². The first kappa shape index (κ1) is 23.0. The molecule has 4 rings (SSSR count). The number of hydrogen-bond donors (Lipinski definition) is 0. The Morgan fingerprint density at radius 3 is 2.45 bits per heavy atom. The molecule has 2 aromatic carbocycles. The number of hydrogen-bond acceptors (Lipinski definition) is 3. The van der Waals surface area contributed by atoms with Gasteiger partial charge in [-0.05, 0) is 43.4 Å². The Morgan fingerprint density at radius 1 is 1.00 bits per heavy atom. The summed E-state index contributed by atoms with van der Waals surface area (Å²) < 4.78 is 0. The van der Waals surface area contributed by atoms with Gasteiger partial charge in [0.05, 0.1) is 5.92 Å². The van der Waals surface area contributed by atoms with Gasteiger partial charge in [0.2, 0.25) is 17.7 Å². The van der Waals surface area contributed by atoms with Crippen molar-refractivity contribution in [1.29, 1.82) is 0 Å². The van der Waals surface area contributed by atoms with Gasteiger partial charge in [-0.1, -0.05) is 54.6 Å². The Bertz CT molecular complexity index is 1010. The highest BCUT2D eigenvalue weighted by Gasteiger charge is 2.36. The zero-order valence-corrected chi connectivity index (χ0v) is 19.6. The zero-order chi connectivity index (χ0) is 23.4. The summed E-state index contributed by atoms with van der Waals surface area (Å²) in [5, 5.41) is 0. The summed E-state index contributed by atoms with van der Waals surface area (Å²) in [6.07, 6.45) is 1.90. The summed E-state index contributed by atoms with van der Waals surface area (Å²) in [6, 6.07) is 18.0. The van der Waals surface area contributed by atoms with Gasteiger partial charge in [-0.2, -0.15) is 0 Å². The number of likely N-dealkylation sites (N-methyl/N-ethyl adjacent to an activating group) is 1. The molecule has 2 saturated heterocycles. The van der Waals surface area contributed by atoms with Gasteiger partial charge < -0.3 is 14.7 Å². The third-order valence-corrected chi connectivity index (χ3v) is 6.89. The lowest BCUT2D eigenvalue weighted by molar-refractivity contribution is -0.143. The lowest BCUT2D eigenvalue weighted by Crippen LogP contribution is -2.49. The van der Waals surface area contributed by atoms with Crippen molar-refractivity contribution in [2.24, 2.45) is 5.92 Å². The summed E-state index contributed by atoms with van der Waals surface area (Å²) in [4.78, 5) is 44.1. The van der Waals surface area contributed by atoms with Crippen molar-refractivity contribution in [3.63, 3.8) is 0 Å². The molecule has 174 valence electrons. The lowest BCUT2D eigenvalue weighted by atomic mass is 9.94. The van der Waals surface area contributed by atoms with Crippen LogP contribution in [0.5, 0.6) is 0 Å². The fraction of sp³-hybridized carbons (Fsp3) is 0.444. The average Bonchev–Trinajstić information content (AvgIpc) is 3.21. The van der Waals surface area contributed by atoms with E-state index in [0.29, 0.717) is 45.6 Å². The fourth-order valence-electron chi connectivity index (χ4n) is 4.98. The maximum absolute atomic E-state index is 13.3. The van der Waals surface area contributed by atoms with Gasteiger partial charge in [-0.25, -0.2) is 0 Å². The molecule has 2 heterocycles. The van der Waals surface area contributed by atoms with Crippen molar-refractivity contribution < 1.29 is 14.4 Å². The molecule has 6 heteroatoms. The van der Waals surface area contributed by atoms with Crippen LogP contribution < -0.4 is 0 Å². The Balaban J connectivity index is 1.53. The van der Waals surface area contributed by atoms with Gasteiger partial charge in [0.1, 0.15) is 6.04 Å². The predicted octanol–water partition coefficient (Wildman–Crippen LogP) is 3.21. The van der Waals surface area contributed by atoms with Crippen LogP contribution >= 0.6 is 0 Å². The number of rotatable bonds is 6. The van der Waals surface area contributed by atoms with E-state index in [0.717, 1.165) is 23.1 Å². The van der Waals surface area contributed by atoms with E-state index in [4.69, 9.17) is 0 Å². The summed E-state index contributed by atoms with van der Waals surface area (Å²) in [5.41, 5.74) is 3.35. The molecule has 2 aliphatic rings. The van der Waals surface area contributed by atoms with E-state index in [2.05, 4.69) is 30.3 Å². The molecule has 2 fully saturated rings. The van der Waals surface area contributed by atoms with Crippen LogP contribution in [0.3, 0.4) is 0 Å². The number of amides is 3. The molecular formula is C27H33N3O3. The molecule has 2 atom stereocenters. The summed E-state index contributed by atoms with van der Waals surface area (Å²) in [7, 11) is 0. The molecule has 0 bridgehead atoms. The highest BCUT2D eigenvalue weighted by molar-refractivity contribution is 5.89. The van der Waals surface area contributed by atoms with Crippen LogP contribution in [-0.4, -0.2) is 71.2 Å².